The van der Waals surface area contributed by atoms with E-state index in [-0.39, 0.29) is 24.2 Å². The molecule has 0 spiro atoms. The highest BCUT2D eigenvalue weighted by Crippen LogP contribution is 2.39. The predicted octanol–water partition coefficient (Wildman–Crippen LogP) is 4.35. The van der Waals surface area contributed by atoms with E-state index in [1.807, 2.05) is 61.5 Å². The molecular formula is C24H23N3O3S. The first kappa shape index (κ1) is 20.8. The molecule has 158 valence electrons. The molecule has 1 unspecified atom stereocenters. The second kappa shape index (κ2) is 8.73. The number of hydrogen-bond acceptors (Lipinski definition) is 4. The zero-order valence-electron chi connectivity index (χ0n) is 17.1. The third kappa shape index (κ3) is 4.36. The number of aryl methyl sites for hydroxylation is 1. The maximum atomic E-state index is 12.7. The van der Waals surface area contributed by atoms with Crippen molar-refractivity contribution in [2.75, 3.05) is 10.6 Å². The van der Waals surface area contributed by atoms with E-state index in [9.17, 15) is 14.4 Å². The fourth-order valence-corrected chi connectivity index (χ4v) is 5.06. The van der Waals surface area contributed by atoms with E-state index < -0.39 is 5.91 Å². The van der Waals surface area contributed by atoms with Crippen LogP contribution in [0.5, 0.6) is 0 Å². The van der Waals surface area contributed by atoms with Gasteiger partial charge in [-0.15, -0.1) is 11.3 Å². The van der Waals surface area contributed by atoms with Gasteiger partial charge in [-0.25, -0.2) is 0 Å². The van der Waals surface area contributed by atoms with Gasteiger partial charge >= 0.3 is 0 Å². The van der Waals surface area contributed by atoms with Gasteiger partial charge in [0.1, 0.15) is 5.00 Å². The maximum Gasteiger partial charge on any atom is 0.252 e. The Morgan fingerprint density at radius 1 is 1.13 bits per heavy atom. The standard InChI is InChI=1S/C24H23N3O3S/c1-14-20(15-7-3-2-4-8-15)21(22(25)29)24(31-14)27-19(28)12-11-17-13-16-9-5-6-10-18(16)26-23(17)30/h2-10,17H,11-13H2,1H3,(H2,25,29)(H,26,30)(H,27,28). The molecule has 4 rings (SSSR count). The zero-order chi connectivity index (χ0) is 22.0. The SMILES string of the molecule is Cc1sc(NC(=O)CCC2Cc3ccccc3NC2=O)c(C(N)=O)c1-c1ccccc1. The third-order valence-corrected chi connectivity index (χ3v) is 6.50. The molecule has 1 aromatic heterocycles. The molecule has 0 radical (unpaired) electrons. The van der Waals surface area contributed by atoms with Crippen LogP contribution in [0.15, 0.2) is 54.6 Å². The van der Waals surface area contributed by atoms with Crippen molar-refractivity contribution < 1.29 is 14.4 Å². The van der Waals surface area contributed by atoms with Crippen LogP contribution in [0.25, 0.3) is 11.1 Å². The van der Waals surface area contributed by atoms with Crippen LogP contribution in [-0.4, -0.2) is 17.7 Å². The second-order valence-electron chi connectivity index (χ2n) is 7.60. The van der Waals surface area contributed by atoms with Gasteiger partial charge < -0.3 is 16.4 Å². The van der Waals surface area contributed by atoms with E-state index in [0.29, 0.717) is 23.4 Å². The first-order valence-corrected chi connectivity index (χ1v) is 10.9. The molecule has 31 heavy (non-hydrogen) atoms. The predicted molar refractivity (Wildman–Crippen MR) is 123 cm³/mol. The molecule has 0 saturated heterocycles. The van der Waals surface area contributed by atoms with Gasteiger partial charge in [-0.3, -0.25) is 14.4 Å². The molecule has 0 saturated carbocycles. The summed E-state index contributed by atoms with van der Waals surface area (Å²) in [5.74, 6) is -1.15. The minimum atomic E-state index is -0.582. The minimum Gasteiger partial charge on any atom is -0.365 e. The summed E-state index contributed by atoms with van der Waals surface area (Å²) >= 11 is 1.33. The monoisotopic (exact) mass is 433 g/mol. The number of thiophene rings is 1. The first-order chi connectivity index (χ1) is 14.9. The lowest BCUT2D eigenvalue weighted by Gasteiger charge is -2.24. The average molecular weight is 434 g/mol. The highest BCUT2D eigenvalue weighted by Gasteiger charge is 2.27. The molecule has 4 N–H and O–H groups in total. The Labute approximate surface area is 184 Å². The molecule has 6 nitrogen and oxygen atoms in total. The van der Waals surface area contributed by atoms with Crippen LogP contribution in [0.4, 0.5) is 10.7 Å². The number of benzene rings is 2. The number of anilines is 2. The lowest BCUT2D eigenvalue weighted by atomic mass is 9.89. The summed E-state index contributed by atoms with van der Waals surface area (Å²) in [7, 11) is 0. The number of carbonyl (C=O) groups is 3. The Balaban J connectivity index is 1.47. The van der Waals surface area contributed by atoms with E-state index in [1.165, 1.54) is 11.3 Å². The number of para-hydroxylation sites is 1. The van der Waals surface area contributed by atoms with Crippen LogP contribution in [0.1, 0.15) is 33.6 Å². The van der Waals surface area contributed by atoms with Crippen molar-refractivity contribution in [2.24, 2.45) is 11.7 Å². The molecule has 7 heteroatoms. The summed E-state index contributed by atoms with van der Waals surface area (Å²) in [5.41, 5.74) is 9.52. The molecule has 1 atom stereocenters. The smallest absolute Gasteiger partial charge is 0.252 e. The van der Waals surface area contributed by atoms with Gasteiger partial charge in [-0.1, -0.05) is 48.5 Å². The van der Waals surface area contributed by atoms with Gasteiger partial charge in [0.2, 0.25) is 11.8 Å². The van der Waals surface area contributed by atoms with Crippen LogP contribution in [-0.2, 0) is 16.0 Å². The average Bonchev–Trinajstić information content (AvgIpc) is 3.08. The van der Waals surface area contributed by atoms with E-state index in [2.05, 4.69) is 10.6 Å². The number of rotatable bonds is 6. The van der Waals surface area contributed by atoms with Crippen LogP contribution in [0.2, 0.25) is 0 Å². The number of fused-ring (bicyclic) bond motifs is 1. The maximum absolute atomic E-state index is 12.7. The summed E-state index contributed by atoms with van der Waals surface area (Å²) in [5, 5.41) is 6.20. The summed E-state index contributed by atoms with van der Waals surface area (Å²) in [6.45, 7) is 1.90. The molecule has 1 aliphatic rings. The van der Waals surface area contributed by atoms with E-state index >= 15 is 0 Å². The molecule has 0 aliphatic carbocycles. The van der Waals surface area contributed by atoms with Crippen molar-refractivity contribution >= 4 is 39.7 Å². The Morgan fingerprint density at radius 3 is 2.58 bits per heavy atom. The molecule has 0 fully saturated rings. The van der Waals surface area contributed by atoms with Crippen molar-refractivity contribution in [3.05, 3.63) is 70.6 Å². The fraction of sp³-hybridized carbons (Fsp3) is 0.208. The van der Waals surface area contributed by atoms with Gasteiger partial charge in [0.15, 0.2) is 0 Å². The molecule has 0 bridgehead atoms. The first-order valence-electron chi connectivity index (χ1n) is 10.1. The Morgan fingerprint density at radius 2 is 1.84 bits per heavy atom. The second-order valence-corrected chi connectivity index (χ2v) is 8.83. The zero-order valence-corrected chi connectivity index (χ0v) is 17.9. The van der Waals surface area contributed by atoms with Crippen molar-refractivity contribution in [3.8, 4) is 11.1 Å². The number of nitrogens with one attached hydrogen (secondary N) is 2. The number of amides is 3. The summed E-state index contributed by atoms with van der Waals surface area (Å²) < 4.78 is 0. The van der Waals surface area contributed by atoms with Gasteiger partial charge in [0.25, 0.3) is 5.91 Å². The lowest BCUT2D eigenvalue weighted by Crippen LogP contribution is -2.30. The van der Waals surface area contributed by atoms with Gasteiger partial charge in [-0.2, -0.15) is 0 Å². The number of nitrogens with two attached hydrogens (primary N) is 1. The van der Waals surface area contributed by atoms with Crippen molar-refractivity contribution in [3.63, 3.8) is 0 Å². The van der Waals surface area contributed by atoms with E-state index in [4.69, 9.17) is 5.73 Å². The number of carbonyl (C=O) groups excluding carboxylic acids is 3. The summed E-state index contributed by atoms with van der Waals surface area (Å²) in [4.78, 5) is 38.1. The number of primary amides is 1. The number of hydrogen-bond donors (Lipinski definition) is 3. The molecule has 1 aliphatic heterocycles. The van der Waals surface area contributed by atoms with Gasteiger partial charge in [-0.05, 0) is 37.0 Å². The summed E-state index contributed by atoms with van der Waals surface area (Å²) in [6.07, 6.45) is 1.21. The third-order valence-electron chi connectivity index (χ3n) is 5.48. The molecule has 3 amide bonds. The Bertz CT molecular complexity index is 1150. The molecule has 2 aromatic carbocycles. The minimum absolute atomic E-state index is 0.0670. The van der Waals surface area contributed by atoms with Gasteiger partial charge in [0.05, 0.1) is 5.56 Å². The highest BCUT2D eigenvalue weighted by molar-refractivity contribution is 7.17. The lowest BCUT2D eigenvalue weighted by molar-refractivity contribution is -0.121. The van der Waals surface area contributed by atoms with Crippen molar-refractivity contribution in [1.29, 1.82) is 0 Å². The van der Waals surface area contributed by atoms with E-state index in [0.717, 1.165) is 27.3 Å². The van der Waals surface area contributed by atoms with Crippen LogP contribution >= 0.6 is 11.3 Å². The normalized spacial score (nSPS) is 15.1. The highest BCUT2D eigenvalue weighted by atomic mass is 32.1. The molecule has 2 heterocycles. The fourth-order valence-electron chi connectivity index (χ4n) is 3.96. The Hall–Kier alpha value is -3.45. The van der Waals surface area contributed by atoms with E-state index in [1.54, 1.807) is 0 Å². The Kier molecular flexibility index (Phi) is 5.86. The largest absolute Gasteiger partial charge is 0.365 e. The topological polar surface area (TPSA) is 101 Å². The van der Waals surface area contributed by atoms with Crippen molar-refractivity contribution in [2.45, 2.75) is 26.2 Å². The van der Waals surface area contributed by atoms with Crippen LogP contribution in [0, 0.1) is 12.8 Å². The molecule has 3 aromatic rings. The van der Waals surface area contributed by atoms with Crippen LogP contribution in [0.3, 0.4) is 0 Å². The van der Waals surface area contributed by atoms with Crippen molar-refractivity contribution in [1.82, 2.24) is 0 Å². The van der Waals surface area contributed by atoms with Crippen LogP contribution < -0.4 is 16.4 Å². The molecular weight excluding hydrogens is 410 g/mol. The summed E-state index contributed by atoms with van der Waals surface area (Å²) in [6, 6.07) is 17.2. The van der Waals surface area contributed by atoms with Gasteiger partial charge in [0, 0.05) is 28.5 Å². The quantitative estimate of drug-likeness (QED) is 0.538.